The monoisotopic (exact) mass is 515 g/mol. The standard InChI is InChI=1S/2C10H14ClN.C10H15N/c2*1-3-12(4-2)10-8-6-5-7-9(10)11;1-4-11(3)10-8-6-5-7-9(10)2/h2*5-8H,3-4H2,1-2H3;5-8H,4H2,1-3H3. The molecule has 3 nitrogen and oxygen atoms in total. The highest BCUT2D eigenvalue weighted by molar-refractivity contribution is 6.33. The number of hydrogen-bond acceptors (Lipinski definition) is 3. The van der Waals surface area contributed by atoms with Gasteiger partial charge >= 0.3 is 0 Å². The van der Waals surface area contributed by atoms with E-state index in [1.807, 2.05) is 36.4 Å². The molecule has 3 aromatic carbocycles. The Hall–Kier alpha value is -2.36. The molecule has 0 bridgehead atoms. The quantitative estimate of drug-likeness (QED) is 0.296. The number of aryl methyl sites for hydroxylation is 1. The molecule has 3 aromatic rings. The van der Waals surface area contributed by atoms with Crippen molar-refractivity contribution in [3.05, 3.63) is 88.4 Å². The van der Waals surface area contributed by atoms with Crippen molar-refractivity contribution in [2.75, 3.05) is 54.5 Å². The van der Waals surface area contributed by atoms with Gasteiger partial charge in [0.25, 0.3) is 0 Å². The van der Waals surface area contributed by atoms with Crippen LogP contribution in [0.1, 0.15) is 40.2 Å². The topological polar surface area (TPSA) is 9.72 Å². The summed E-state index contributed by atoms with van der Waals surface area (Å²) in [5.41, 5.74) is 4.93. The van der Waals surface area contributed by atoms with Crippen LogP contribution in [0.4, 0.5) is 17.1 Å². The van der Waals surface area contributed by atoms with Crippen LogP contribution in [-0.4, -0.2) is 39.8 Å². The lowest BCUT2D eigenvalue weighted by molar-refractivity contribution is 0.866. The van der Waals surface area contributed by atoms with E-state index in [9.17, 15) is 0 Å². The average Bonchev–Trinajstić information content (AvgIpc) is 2.88. The zero-order valence-corrected chi connectivity index (χ0v) is 24.1. The van der Waals surface area contributed by atoms with Crippen LogP contribution in [0.2, 0.25) is 10.0 Å². The Balaban J connectivity index is 0.000000263. The Bertz CT molecular complexity index is 916. The molecule has 0 saturated heterocycles. The maximum Gasteiger partial charge on any atom is 0.0639 e. The zero-order valence-electron chi connectivity index (χ0n) is 22.6. The molecule has 0 aliphatic heterocycles. The Kier molecular flexibility index (Phi) is 15.0. The molecule has 0 aromatic heterocycles. The fourth-order valence-corrected chi connectivity index (χ4v) is 4.22. The van der Waals surface area contributed by atoms with Crippen molar-refractivity contribution in [3.8, 4) is 0 Å². The molecule has 35 heavy (non-hydrogen) atoms. The first-order chi connectivity index (χ1) is 16.8. The van der Waals surface area contributed by atoms with Crippen molar-refractivity contribution in [3.63, 3.8) is 0 Å². The van der Waals surface area contributed by atoms with Gasteiger partial charge in [-0.2, -0.15) is 0 Å². The summed E-state index contributed by atoms with van der Waals surface area (Å²) in [7, 11) is 2.11. The number of para-hydroxylation sites is 3. The van der Waals surface area contributed by atoms with Crippen molar-refractivity contribution in [1.82, 2.24) is 0 Å². The molecule has 0 atom stereocenters. The SMILES string of the molecule is CCN(C)c1ccccc1C.CCN(CC)c1ccccc1Cl.CCN(CC)c1ccccc1Cl. The van der Waals surface area contributed by atoms with Gasteiger partial charge in [-0.3, -0.25) is 0 Å². The normalized spacial score (nSPS) is 9.86. The van der Waals surface area contributed by atoms with E-state index in [2.05, 4.69) is 99.7 Å². The molecule has 0 amide bonds. The van der Waals surface area contributed by atoms with Crippen molar-refractivity contribution in [2.45, 2.75) is 41.5 Å². The highest BCUT2D eigenvalue weighted by Gasteiger charge is 2.05. The second-order valence-electron chi connectivity index (χ2n) is 8.05. The van der Waals surface area contributed by atoms with Gasteiger partial charge in [0, 0.05) is 45.5 Å². The van der Waals surface area contributed by atoms with E-state index in [1.165, 1.54) is 11.3 Å². The first-order valence-electron chi connectivity index (χ1n) is 12.6. The van der Waals surface area contributed by atoms with Crippen molar-refractivity contribution in [2.24, 2.45) is 0 Å². The second kappa shape index (κ2) is 17.1. The average molecular weight is 517 g/mol. The third-order valence-electron chi connectivity index (χ3n) is 5.91. The lowest BCUT2D eigenvalue weighted by atomic mass is 10.2. The fourth-order valence-electron chi connectivity index (χ4n) is 3.71. The van der Waals surface area contributed by atoms with Gasteiger partial charge in [-0.15, -0.1) is 0 Å². The molecule has 0 radical (unpaired) electrons. The number of hydrogen-bond donors (Lipinski definition) is 0. The molecule has 0 aliphatic carbocycles. The van der Waals surface area contributed by atoms with Crippen LogP contribution in [0.25, 0.3) is 0 Å². The van der Waals surface area contributed by atoms with E-state index in [0.717, 1.165) is 54.1 Å². The largest absolute Gasteiger partial charge is 0.375 e. The van der Waals surface area contributed by atoms with E-state index in [1.54, 1.807) is 0 Å². The summed E-state index contributed by atoms with van der Waals surface area (Å²) in [5, 5.41) is 1.67. The molecule has 0 unspecified atom stereocenters. The minimum Gasteiger partial charge on any atom is -0.375 e. The number of benzene rings is 3. The first-order valence-corrected chi connectivity index (χ1v) is 13.4. The summed E-state index contributed by atoms with van der Waals surface area (Å²) in [6.07, 6.45) is 0. The second-order valence-corrected chi connectivity index (χ2v) is 8.86. The van der Waals surface area contributed by atoms with Crippen LogP contribution in [0.15, 0.2) is 72.8 Å². The molecular formula is C30H43Cl2N3. The van der Waals surface area contributed by atoms with Gasteiger partial charge in [0.15, 0.2) is 0 Å². The van der Waals surface area contributed by atoms with Gasteiger partial charge in [0.1, 0.15) is 0 Å². The fraction of sp³-hybridized carbons (Fsp3) is 0.400. The van der Waals surface area contributed by atoms with Gasteiger partial charge in [-0.1, -0.05) is 65.7 Å². The van der Waals surface area contributed by atoms with E-state index in [0.29, 0.717) is 0 Å². The van der Waals surface area contributed by atoms with Crippen LogP contribution in [0.5, 0.6) is 0 Å². The minimum absolute atomic E-state index is 0.834. The van der Waals surface area contributed by atoms with E-state index in [4.69, 9.17) is 23.2 Å². The van der Waals surface area contributed by atoms with E-state index in [-0.39, 0.29) is 0 Å². The summed E-state index contributed by atoms with van der Waals surface area (Å²) >= 11 is 12.1. The molecule has 192 valence electrons. The number of rotatable bonds is 8. The highest BCUT2D eigenvalue weighted by Crippen LogP contribution is 2.25. The summed E-state index contributed by atoms with van der Waals surface area (Å²) in [6.45, 7) is 17.9. The number of nitrogens with zero attached hydrogens (tertiary/aromatic N) is 3. The highest BCUT2D eigenvalue weighted by atomic mass is 35.5. The first kappa shape index (κ1) is 30.7. The van der Waals surface area contributed by atoms with Crippen molar-refractivity contribution in [1.29, 1.82) is 0 Å². The van der Waals surface area contributed by atoms with Crippen molar-refractivity contribution < 1.29 is 0 Å². The Morgan fingerprint density at radius 1 is 0.514 bits per heavy atom. The number of anilines is 3. The van der Waals surface area contributed by atoms with Crippen LogP contribution in [0.3, 0.4) is 0 Å². The maximum absolute atomic E-state index is 6.03. The third-order valence-corrected chi connectivity index (χ3v) is 6.55. The zero-order chi connectivity index (χ0) is 26.2. The predicted octanol–water partition coefficient (Wildman–Crippen LogP) is 8.82. The van der Waals surface area contributed by atoms with Gasteiger partial charge < -0.3 is 14.7 Å². The molecule has 3 rings (SSSR count). The van der Waals surface area contributed by atoms with E-state index >= 15 is 0 Å². The van der Waals surface area contributed by atoms with Gasteiger partial charge in [-0.05, 0) is 77.4 Å². The van der Waals surface area contributed by atoms with Gasteiger partial charge in [0.2, 0.25) is 0 Å². The Morgan fingerprint density at radius 3 is 1.17 bits per heavy atom. The Labute approximate surface area is 224 Å². The number of halogens is 2. The predicted molar refractivity (Wildman–Crippen MR) is 160 cm³/mol. The van der Waals surface area contributed by atoms with E-state index < -0.39 is 0 Å². The summed E-state index contributed by atoms with van der Waals surface area (Å²) < 4.78 is 0. The molecule has 0 spiro atoms. The summed E-state index contributed by atoms with van der Waals surface area (Å²) in [6, 6.07) is 24.3. The molecule has 0 fully saturated rings. The van der Waals surface area contributed by atoms with Gasteiger partial charge in [-0.25, -0.2) is 0 Å². The molecule has 0 saturated carbocycles. The maximum atomic E-state index is 6.03. The van der Waals surface area contributed by atoms with Crippen LogP contribution >= 0.6 is 23.2 Å². The smallest absolute Gasteiger partial charge is 0.0639 e. The Morgan fingerprint density at radius 2 is 0.857 bits per heavy atom. The molecular weight excluding hydrogens is 473 g/mol. The lowest BCUT2D eigenvalue weighted by Gasteiger charge is -2.21. The summed E-state index contributed by atoms with van der Waals surface area (Å²) in [4.78, 5) is 6.72. The minimum atomic E-state index is 0.834. The van der Waals surface area contributed by atoms with Gasteiger partial charge in [0.05, 0.1) is 21.4 Å². The lowest BCUT2D eigenvalue weighted by Crippen LogP contribution is -2.21. The third kappa shape index (κ3) is 10.0. The van der Waals surface area contributed by atoms with Crippen LogP contribution in [-0.2, 0) is 0 Å². The molecule has 0 heterocycles. The molecule has 5 heteroatoms. The summed E-state index contributed by atoms with van der Waals surface area (Å²) in [5.74, 6) is 0. The molecule has 0 N–H and O–H groups in total. The van der Waals surface area contributed by atoms with Crippen molar-refractivity contribution >= 4 is 40.3 Å². The van der Waals surface area contributed by atoms with Crippen LogP contribution in [0, 0.1) is 6.92 Å². The van der Waals surface area contributed by atoms with Crippen LogP contribution < -0.4 is 14.7 Å². The molecule has 0 aliphatic rings.